The summed E-state index contributed by atoms with van der Waals surface area (Å²) < 4.78 is 11.7. The molecule has 0 aliphatic heterocycles. The molecule has 1 atom stereocenters. The van der Waals surface area contributed by atoms with E-state index < -0.39 is 16.7 Å². The van der Waals surface area contributed by atoms with Crippen molar-refractivity contribution >= 4 is 34.0 Å². The van der Waals surface area contributed by atoms with Gasteiger partial charge in [-0.25, -0.2) is 9.97 Å². The fraction of sp³-hybridized carbons (Fsp3) is 0.267. The Morgan fingerprint density at radius 1 is 1.32 bits per heavy atom. The number of hydrogen-bond acceptors (Lipinski definition) is 4. The van der Waals surface area contributed by atoms with E-state index in [1.807, 2.05) is 13.8 Å². The van der Waals surface area contributed by atoms with Crippen LogP contribution in [0.1, 0.15) is 36.1 Å². The summed E-state index contributed by atoms with van der Waals surface area (Å²) in [6, 6.07) is 6.91. The van der Waals surface area contributed by atoms with Crippen LogP contribution in [0, 0.1) is 0 Å². The fourth-order valence-corrected chi connectivity index (χ4v) is 2.70. The molecule has 0 aliphatic carbocycles. The third-order valence-corrected chi connectivity index (χ3v) is 4.19. The van der Waals surface area contributed by atoms with E-state index in [-0.39, 0.29) is 16.6 Å². The summed E-state index contributed by atoms with van der Waals surface area (Å²) in [6.07, 6.45) is 2.97. The molecule has 22 heavy (non-hydrogen) atoms. The first-order chi connectivity index (χ1) is 10.4. The lowest BCUT2D eigenvalue weighted by Gasteiger charge is -2.11. The van der Waals surface area contributed by atoms with Gasteiger partial charge in [-0.15, -0.1) is 0 Å². The number of hydrogen-bond donors (Lipinski definition) is 1. The highest BCUT2D eigenvalue weighted by atomic mass is 35.5. The summed E-state index contributed by atoms with van der Waals surface area (Å²) in [5, 5.41) is 2.89. The highest BCUT2D eigenvalue weighted by Crippen LogP contribution is 2.21. The van der Waals surface area contributed by atoms with Crippen molar-refractivity contribution in [3.63, 3.8) is 0 Å². The summed E-state index contributed by atoms with van der Waals surface area (Å²) in [6.45, 7) is 3.86. The monoisotopic (exact) mass is 337 g/mol. The fourth-order valence-electron chi connectivity index (χ4n) is 1.82. The molecule has 116 valence electrons. The van der Waals surface area contributed by atoms with Gasteiger partial charge in [0.25, 0.3) is 5.91 Å². The van der Waals surface area contributed by atoms with E-state index in [1.54, 1.807) is 30.5 Å². The molecule has 1 aromatic carbocycles. The topological polar surface area (TPSA) is 72.0 Å². The molecular weight excluding hydrogens is 322 g/mol. The van der Waals surface area contributed by atoms with E-state index in [2.05, 4.69) is 15.3 Å². The van der Waals surface area contributed by atoms with Crippen molar-refractivity contribution in [2.45, 2.75) is 24.7 Å². The Morgan fingerprint density at radius 3 is 2.64 bits per heavy atom. The van der Waals surface area contributed by atoms with Crippen molar-refractivity contribution in [3.05, 3.63) is 47.0 Å². The molecule has 0 spiro atoms. The molecule has 1 N–H and O–H groups in total. The molecule has 5 nitrogen and oxygen atoms in total. The van der Waals surface area contributed by atoms with Crippen LogP contribution in [0.2, 0.25) is 5.02 Å². The third-order valence-electron chi connectivity index (χ3n) is 2.94. The van der Waals surface area contributed by atoms with Crippen LogP contribution in [0.5, 0.6) is 0 Å². The number of rotatable bonds is 4. The molecule has 0 radical (unpaired) electrons. The van der Waals surface area contributed by atoms with Crippen molar-refractivity contribution in [1.29, 1.82) is 0 Å². The zero-order chi connectivity index (χ0) is 16.3. The zero-order valence-corrected chi connectivity index (χ0v) is 14.0. The lowest BCUT2D eigenvalue weighted by molar-refractivity contribution is 0.102. The Bertz CT molecular complexity index is 734. The summed E-state index contributed by atoms with van der Waals surface area (Å²) >= 11 is 6.02. The molecule has 0 unspecified atom stereocenters. The number of nitrogens with zero attached hydrogens (tertiary/aromatic N) is 2. The maximum Gasteiger partial charge on any atom is 0.275 e. The number of halogens is 1. The SMILES string of the molecule is CC(C)c1ncc(Cl)c(C(=O)Nc2ccccc2[S@](C)=O)n1. The minimum Gasteiger partial charge on any atom is -0.319 e. The Labute approximate surface area is 136 Å². The summed E-state index contributed by atoms with van der Waals surface area (Å²) in [7, 11) is -1.21. The summed E-state index contributed by atoms with van der Waals surface area (Å²) in [5.74, 6) is 0.174. The minimum atomic E-state index is -1.21. The second kappa shape index (κ2) is 6.98. The van der Waals surface area contributed by atoms with Crippen LogP contribution in [0.3, 0.4) is 0 Å². The van der Waals surface area contributed by atoms with Crippen molar-refractivity contribution < 1.29 is 9.00 Å². The van der Waals surface area contributed by atoms with Crippen LogP contribution < -0.4 is 5.32 Å². The second-order valence-electron chi connectivity index (χ2n) is 4.98. The highest BCUT2D eigenvalue weighted by molar-refractivity contribution is 7.84. The smallest absolute Gasteiger partial charge is 0.275 e. The van der Waals surface area contributed by atoms with Gasteiger partial charge in [0.2, 0.25) is 0 Å². The lowest BCUT2D eigenvalue weighted by Crippen LogP contribution is -2.17. The van der Waals surface area contributed by atoms with E-state index in [0.717, 1.165) is 0 Å². The van der Waals surface area contributed by atoms with Crippen molar-refractivity contribution in [1.82, 2.24) is 9.97 Å². The standard InChI is InChI=1S/C15H16ClN3O2S/c1-9(2)14-17-8-10(16)13(19-14)15(20)18-11-6-4-5-7-12(11)22(3)21/h4-9H,1-3H3,(H,18,20)/t22-/m0/s1. The number of nitrogens with one attached hydrogen (secondary N) is 1. The molecule has 0 saturated carbocycles. The van der Waals surface area contributed by atoms with Crippen LogP contribution in [0.4, 0.5) is 5.69 Å². The number of carbonyl (C=O) groups excluding carboxylic acids is 1. The van der Waals surface area contributed by atoms with Crippen LogP contribution in [-0.4, -0.2) is 26.3 Å². The number of amides is 1. The normalized spacial score (nSPS) is 12.2. The first-order valence-electron chi connectivity index (χ1n) is 6.66. The quantitative estimate of drug-likeness (QED) is 0.929. The van der Waals surface area contributed by atoms with Crippen LogP contribution in [-0.2, 0) is 10.8 Å². The van der Waals surface area contributed by atoms with E-state index in [9.17, 15) is 9.00 Å². The molecule has 1 aromatic heterocycles. The molecule has 2 rings (SSSR count). The molecule has 0 fully saturated rings. The van der Waals surface area contributed by atoms with Crippen LogP contribution in [0.15, 0.2) is 35.4 Å². The number of aromatic nitrogens is 2. The molecule has 0 saturated heterocycles. The van der Waals surface area contributed by atoms with Gasteiger partial charge in [0.1, 0.15) is 5.82 Å². The van der Waals surface area contributed by atoms with Crippen LogP contribution >= 0.6 is 11.6 Å². The van der Waals surface area contributed by atoms with Crippen molar-refractivity contribution in [2.75, 3.05) is 11.6 Å². The average Bonchev–Trinajstić information content (AvgIpc) is 2.47. The molecule has 0 aliphatic rings. The molecule has 0 bridgehead atoms. The Hall–Kier alpha value is -1.79. The Balaban J connectivity index is 2.34. The summed E-state index contributed by atoms with van der Waals surface area (Å²) in [5.41, 5.74) is 0.589. The summed E-state index contributed by atoms with van der Waals surface area (Å²) in [4.78, 5) is 21.3. The number of benzene rings is 1. The molecule has 1 heterocycles. The van der Waals surface area contributed by atoms with Gasteiger partial charge in [-0.3, -0.25) is 9.00 Å². The molecule has 1 amide bonds. The molecular formula is C15H16ClN3O2S. The van der Waals surface area contributed by atoms with E-state index in [0.29, 0.717) is 16.4 Å². The lowest BCUT2D eigenvalue weighted by atomic mass is 10.2. The predicted octanol–water partition coefficient (Wildman–Crippen LogP) is 3.24. The van der Waals surface area contributed by atoms with Gasteiger partial charge in [0, 0.05) is 12.2 Å². The Kier molecular flexibility index (Phi) is 5.26. The maximum absolute atomic E-state index is 12.4. The number of anilines is 1. The first-order valence-corrected chi connectivity index (χ1v) is 8.60. The van der Waals surface area contributed by atoms with Gasteiger partial charge in [0.15, 0.2) is 5.69 Å². The first kappa shape index (κ1) is 16.6. The van der Waals surface area contributed by atoms with Gasteiger partial charge in [0.05, 0.1) is 32.6 Å². The highest BCUT2D eigenvalue weighted by Gasteiger charge is 2.17. The van der Waals surface area contributed by atoms with Gasteiger partial charge < -0.3 is 5.32 Å². The van der Waals surface area contributed by atoms with Gasteiger partial charge >= 0.3 is 0 Å². The van der Waals surface area contributed by atoms with Gasteiger partial charge in [-0.05, 0) is 12.1 Å². The van der Waals surface area contributed by atoms with Gasteiger partial charge in [-0.1, -0.05) is 37.6 Å². The molecule has 7 heteroatoms. The third kappa shape index (κ3) is 3.69. The average molecular weight is 338 g/mol. The van der Waals surface area contributed by atoms with Crippen LogP contribution in [0.25, 0.3) is 0 Å². The second-order valence-corrected chi connectivity index (χ2v) is 6.74. The van der Waals surface area contributed by atoms with E-state index in [4.69, 9.17) is 11.6 Å². The number of carbonyl (C=O) groups is 1. The van der Waals surface area contributed by atoms with Crippen molar-refractivity contribution in [3.8, 4) is 0 Å². The zero-order valence-electron chi connectivity index (χ0n) is 12.5. The van der Waals surface area contributed by atoms with Crippen molar-refractivity contribution in [2.24, 2.45) is 0 Å². The minimum absolute atomic E-state index is 0.0826. The van der Waals surface area contributed by atoms with E-state index >= 15 is 0 Å². The number of para-hydroxylation sites is 1. The predicted molar refractivity (Wildman–Crippen MR) is 87.9 cm³/mol. The maximum atomic E-state index is 12.4. The van der Waals surface area contributed by atoms with E-state index in [1.165, 1.54) is 6.20 Å². The Morgan fingerprint density at radius 2 is 2.00 bits per heavy atom. The molecule has 2 aromatic rings. The van der Waals surface area contributed by atoms with Gasteiger partial charge in [-0.2, -0.15) is 0 Å². The largest absolute Gasteiger partial charge is 0.319 e.